The normalized spacial score (nSPS) is 24.0. The van der Waals surface area contributed by atoms with Crippen molar-refractivity contribution in [2.75, 3.05) is 48.8 Å². The van der Waals surface area contributed by atoms with E-state index in [0.29, 0.717) is 60.9 Å². The SMILES string of the molecule is CN1CCN(Cc2cc3c(nc2C=O)N(C(=O)Nc2cc(NC45CC(C4)C5)c(C#N)cn2)CCC3)C(=O)C1. The van der Waals surface area contributed by atoms with E-state index < -0.39 is 6.03 Å². The lowest BCUT2D eigenvalue weighted by atomic mass is 9.50. The molecule has 5 aliphatic rings. The monoisotopic (exact) mass is 514 g/mol. The summed E-state index contributed by atoms with van der Waals surface area (Å²) in [4.78, 5) is 51.9. The van der Waals surface area contributed by atoms with Gasteiger partial charge in [0.05, 0.1) is 17.8 Å². The third-order valence-corrected chi connectivity index (χ3v) is 8.20. The fourth-order valence-electron chi connectivity index (χ4n) is 5.99. The van der Waals surface area contributed by atoms with E-state index in [1.165, 1.54) is 11.1 Å². The maximum Gasteiger partial charge on any atom is 0.328 e. The summed E-state index contributed by atoms with van der Waals surface area (Å²) in [6.07, 6.45) is 6.97. The highest BCUT2D eigenvalue weighted by Crippen LogP contribution is 2.58. The summed E-state index contributed by atoms with van der Waals surface area (Å²) < 4.78 is 0. The number of amides is 3. The molecule has 2 aliphatic heterocycles. The molecule has 0 aromatic carbocycles. The van der Waals surface area contributed by atoms with Gasteiger partial charge in [-0.15, -0.1) is 0 Å². The molecule has 1 saturated heterocycles. The molecule has 4 fully saturated rings. The second-order valence-corrected chi connectivity index (χ2v) is 11.0. The maximum absolute atomic E-state index is 13.3. The van der Waals surface area contributed by atoms with Crippen molar-refractivity contribution in [1.82, 2.24) is 19.8 Å². The van der Waals surface area contributed by atoms with E-state index >= 15 is 0 Å². The molecule has 2 bridgehead atoms. The smallest absolute Gasteiger partial charge is 0.328 e. The van der Waals surface area contributed by atoms with Gasteiger partial charge in [-0.05, 0) is 56.7 Å². The number of aromatic nitrogens is 2. The molecule has 3 aliphatic carbocycles. The number of hydrogen-bond acceptors (Lipinski definition) is 8. The molecule has 7 rings (SSSR count). The number of likely N-dealkylation sites (N-methyl/N-ethyl adjacent to an activating group) is 1. The number of rotatable bonds is 6. The van der Waals surface area contributed by atoms with Crippen LogP contribution >= 0.6 is 0 Å². The second-order valence-electron chi connectivity index (χ2n) is 11.0. The molecule has 0 radical (unpaired) electrons. The fourth-order valence-corrected chi connectivity index (χ4v) is 5.99. The van der Waals surface area contributed by atoms with E-state index in [2.05, 4.69) is 26.7 Å². The van der Waals surface area contributed by atoms with Crippen molar-refractivity contribution >= 4 is 35.5 Å². The average molecular weight is 515 g/mol. The Hall–Kier alpha value is -4.04. The number of anilines is 3. The Morgan fingerprint density at radius 1 is 1.26 bits per heavy atom. The summed E-state index contributed by atoms with van der Waals surface area (Å²) in [6, 6.07) is 5.39. The second kappa shape index (κ2) is 9.36. The summed E-state index contributed by atoms with van der Waals surface area (Å²) in [5.74, 6) is 1.60. The van der Waals surface area contributed by atoms with Crippen LogP contribution in [0.1, 0.15) is 52.9 Å². The molecule has 0 spiro atoms. The lowest BCUT2D eigenvalue weighted by Gasteiger charge is -2.62. The summed E-state index contributed by atoms with van der Waals surface area (Å²) in [6.45, 7) is 2.49. The van der Waals surface area contributed by atoms with Crippen LogP contribution in [0.2, 0.25) is 0 Å². The van der Waals surface area contributed by atoms with Crippen LogP contribution in [0, 0.1) is 17.2 Å². The number of nitrogens with zero attached hydrogens (tertiary/aromatic N) is 6. The van der Waals surface area contributed by atoms with Crippen LogP contribution < -0.4 is 15.5 Å². The zero-order valence-corrected chi connectivity index (χ0v) is 21.4. The Kier molecular flexibility index (Phi) is 5.99. The summed E-state index contributed by atoms with van der Waals surface area (Å²) in [5, 5.41) is 15.9. The van der Waals surface area contributed by atoms with Crippen molar-refractivity contribution in [3.05, 3.63) is 40.7 Å². The van der Waals surface area contributed by atoms with E-state index in [-0.39, 0.29) is 17.1 Å². The number of fused-ring (bicyclic) bond motifs is 1. The van der Waals surface area contributed by atoms with Crippen molar-refractivity contribution < 1.29 is 14.4 Å². The first-order valence-corrected chi connectivity index (χ1v) is 13.1. The van der Waals surface area contributed by atoms with Crippen LogP contribution in [-0.2, 0) is 17.8 Å². The molecule has 0 atom stereocenters. The maximum atomic E-state index is 13.3. The highest BCUT2D eigenvalue weighted by molar-refractivity contribution is 6.02. The number of pyridine rings is 2. The molecule has 196 valence electrons. The van der Waals surface area contributed by atoms with Crippen LogP contribution in [0.15, 0.2) is 18.3 Å². The Bertz CT molecular complexity index is 1350. The highest BCUT2D eigenvalue weighted by Gasteiger charge is 2.56. The van der Waals surface area contributed by atoms with Gasteiger partial charge in [-0.1, -0.05) is 0 Å². The van der Waals surface area contributed by atoms with Crippen molar-refractivity contribution in [2.45, 2.75) is 44.2 Å². The molecule has 38 heavy (non-hydrogen) atoms. The zero-order valence-electron chi connectivity index (χ0n) is 21.4. The number of carbonyl (C=O) groups is 3. The van der Waals surface area contributed by atoms with Gasteiger partial charge in [0.25, 0.3) is 0 Å². The van der Waals surface area contributed by atoms with Crippen LogP contribution in [0.4, 0.5) is 22.1 Å². The minimum Gasteiger partial charge on any atom is -0.378 e. The van der Waals surface area contributed by atoms with Gasteiger partial charge in [0.1, 0.15) is 23.4 Å². The summed E-state index contributed by atoms with van der Waals surface area (Å²) >= 11 is 0. The van der Waals surface area contributed by atoms with Gasteiger partial charge in [0.15, 0.2) is 6.29 Å². The Morgan fingerprint density at radius 2 is 2.08 bits per heavy atom. The Labute approximate surface area is 220 Å². The summed E-state index contributed by atoms with van der Waals surface area (Å²) in [7, 11) is 1.91. The number of carbonyl (C=O) groups excluding carboxylic acids is 3. The van der Waals surface area contributed by atoms with E-state index in [9.17, 15) is 19.6 Å². The van der Waals surface area contributed by atoms with Gasteiger partial charge in [0, 0.05) is 49.5 Å². The van der Waals surface area contributed by atoms with Crippen LogP contribution in [0.5, 0.6) is 0 Å². The lowest BCUT2D eigenvalue weighted by Crippen LogP contribution is -2.63. The number of nitrogens with one attached hydrogen (secondary N) is 2. The molecular formula is C27H30N8O3. The van der Waals surface area contributed by atoms with E-state index in [4.69, 9.17) is 0 Å². The molecule has 4 heterocycles. The molecule has 3 saturated carbocycles. The molecule has 11 nitrogen and oxygen atoms in total. The minimum absolute atomic E-state index is 0.0205. The van der Waals surface area contributed by atoms with Crippen LogP contribution in [0.3, 0.4) is 0 Å². The Morgan fingerprint density at radius 3 is 2.76 bits per heavy atom. The largest absolute Gasteiger partial charge is 0.378 e. The van der Waals surface area contributed by atoms with Crippen LogP contribution in [-0.4, -0.2) is 76.8 Å². The number of aldehydes is 1. The quantitative estimate of drug-likeness (QED) is 0.561. The third-order valence-electron chi connectivity index (χ3n) is 8.20. The molecule has 3 amide bonds. The average Bonchev–Trinajstić information content (AvgIpc) is 2.86. The zero-order chi connectivity index (χ0) is 26.4. The predicted molar refractivity (Wildman–Crippen MR) is 140 cm³/mol. The number of nitriles is 1. The van der Waals surface area contributed by atoms with Crippen molar-refractivity contribution in [3.8, 4) is 6.07 Å². The standard InChI is InChI=1S/C27H30N8O3/c1-33-5-6-34(24(37)15-33)14-19-7-18-3-2-4-35(25(18)30-22(19)16-36)26(38)31-23-8-21(20(12-28)13-29-23)32-27-9-17(10-27)11-27/h7-8,13,16-17H,2-6,9-11,14-15H2,1H3,(H2,29,31,32,38). The van der Waals surface area contributed by atoms with Crippen molar-refractivity contribution in [3.63, 3.8) is 0 Å². The van der Waals surface area contributed by atoms with E-state index in [0.717, 1.165) is 50.1 Å². The topological polar surface area (TPSA) is 135 Å². The summed E-state index contributed by atoms with van der Waals surface area (Å²) in [5.41, 5.74) is 2.99. The minimum atomic E-state index is -0.397. The number of urea groups is 1. The number of aryl methyl sites for hydroxylation is 1. The first-order chi connectivity index (χ1) is 18.4. The molecule has 2 aromatic rings. The first kappa shape index (κ1) is 24.3. The van der Waals surface area contributed by atoms with E-state index in [1.807, 2.05) is 18.0 Å². The van der Waals surface area contributed by atoms with Gasteiger partial charge in [0.2, 0.25) is 5.91 Å². The first-order valence-electron chi connectivity index (χ1n) is 13.1. The van der Waals surface area contributed by atoms with Gasteiger partial charge >= 0.3 is 6.03 Å². The third kappa shape index (κ3) is 4.35. The molecule has 2 N–H and O–H groups in total. The van der Waals surface area contributed by atoms with Gasteiger partial charge < -0.3 is 10.2 Å². The van der Waals surface area contributed by atoms with Gasteiger partial charge in [-0.3, -0.25) is 24.7 Å². The predicted octanol–water partition coefficient (Wildman–Crippen LogP) is 2.38. The van der Waals surface area contributed by atoms with Crippen molar-refractivity contribution in [1.29, 1.82) is 5.26 Å². The van der Waals surface area contributed by atoms with Crippen molar-refractivity contribution in [2.24, 2.45) is 5.92 Å². The Balaban J connectivity index is 1.21. The molecule has 11 heteroatoms. The number of hydrogen-bond donors (Lipinski definition) is 2. The lowest BCUT2D eigenvalue weighted by molar-refractivity contribution is -0.136. The fraction of sp³-hybridized carbons (Fsp3) is 0.481. The van der Waals surface area contributed by atoms with Crippen LogP contribution in [0.25, 0.3) is 0 Å². The molecule has 2 aromatic heterocycles. The molecular weight excluding hydrogens is 484 g/mol. The van der Waals surface area contributed by atoms with Gasteiger partial charge in [-0.2, -0.15) is 5.26 Å². The molecule has 0 unspecified atom stereocenters. The highest BCUT2D eigenvalue weighted by atomic mass is 16.2. The van der Waals surface area contributed by atoms with E-state index in [1.54, 1.807) is 11.0 Å². The number of piperazine rings is 1. The van der Waals surface area contributed by atoms with Gasteiger partial charge in [-0.25, -0.2) is 14.8 Å².